The van der Waals surface area contributed by atoms with Gasteiger partial charge in [0.25, 0.3) is 5.91 Å². The number of aliphatic hydroxyl groups is 1. The van der Waals surface area contributed by atoms with Crippen molar-refractivity contribution in [3.63, 3.8) is 0 Å². The lowest BCUT2D eigenvalue weighted by molar-refractivity contribution is -0.0172. The first-order valence-corrected chi connectivity index (χ1v) is 11.1. The third kappa shape index (κ3) is 4.42. The number of amides is 1. The maximum Gasteiger partial charge on any atom is 0.253 e. The molecular formula is C23H24FN3O2S. The minimum atomic E-state index is -0.892. The molecule has 2 heterocycles. The highest BCUT2D eigenvalue weighted by Gasteiger charge is 2.35. The van der Waals surface area contributed by atoms with Crippen LogP contribution in [0.1, 0.15) is 28.9 Å². The summed E-state index contributed by atoms with van der Waals surface area (Å²) in [7, 11) is 0. The molecule has 156 valence electrons. The number of carbonyl (C=O) groups excluding carboxylic acids is 1. The number of aromatic nitrogens is 2. The van der Waals surface area contributed by atoms with E-state index in [1.165, 1.54) is 29.2 Å². The van der Waals surface area contributed by atoms with Gasteiger partial charge in [-0.1, -0.05) is 0 Å². The van der Waals surface area contributed by atoms with E-state index in [0.29, 0.717) is 37.9 Å². The van der Waals surface area contributed by atoms with Crippen LogP contribution < -0.4 is 0 Å². The summed E-state index contributed by atoms with van der Waals surface area (Å²) in [4.78, 5) is 15.5. The zero-order chi connectivity index (χ0) is 21.1. The molecule has 1 N–H and O–H groups in total. The third-order valence-electron chi connectivity index (χ3n) is 5.62. The van der Waals surface area contributed by atoms with Gasteiger partial charge < -0.3 is 10.0 Å². The third-order valence-corrected chi connectivity index (χ3v) is 6.36. The van der Waals surface area contributed by atoms with Crippen molar-refractivity contribution in [2.24, 2.45) is 0 Å². The monoisotopic (exact) mass is 425 g/mol. The van der Waals surface area contributed by atoms with Crippen LogP contribution in [0.2, 0.25) is 0 Å². The molecule has 1 aliphatic rings. The number of likely N-dealkylation sites (tertiary alicyclic amines) is 1. The van der Waals surface area contributed by atoms with E-state index in [2.05, 4.69) is 17.2 Å². The molecule has 2 aromatic carbocycles. The molecule has 1 aliphatic heterocycles. The normalized spacial score (nSPS) is 15.9. The summed E-state index contributed by atoms with van der Waals surface area (Å²) in [6.07, 6.45) is 5.22. The lowest BCUT2D eigenvalue weighted by atomic mass is 9.86. The Hall–Kier alpha value is -2.64. The van der Waals surface area contributed by atoms with E-state index in [1.54, 1.807) is 22.9 Å². The number of piperidine rings is 1. The van der Waals surface area contributed by atoms with Crippen molar-refractivity contribution in [2.75, 3.05) is 19.3 Å². The summed E-state index contributed by atoms with van der Waals surface area (Å²) in [6, 6.07) is 15.7. The minimum Gasteiger partial charge on any atom is -0.389 e. The van der Waals surface area contributed by atoms with Gasteiger partial charge in [-0.25, -0.2) is 9.07 Å². The molecule has 5 nitrogen and oxygen atoms in total. The van der Waals surface area contributed by atoms with Gasteiger partial charge in [0.05, 0.1) is 11.3 Å². The molecule has 7 heteroatoms. The molecule has 0 spiro atoms. The number of hydrogen-bond donors (Lipinski definition) is 1. The Kier molecular flexibility index (Phi) is 5.92. The Morgan fingerprint density at radius 1 is 1.10 bits per heavy atom. The molecule has 1 amide bonds. The SMILES string of the molecule is CSc1ccc(-n2nccc2CC2(O)CCN(C(=O)c3ccc(F)cc3)CC2)cc1. The molecule has 0 radical (unpaired) electrons. The fraction of sp³-hybridized carbons (Fsp3) is 0.304. The Bertz CT molecular complexity index is 1010. The quantitative estimate of drug-likeness (QED) is 0.629. The second-order valence-corrected chi connectivity index (χ2v) is 8.51. The Balaban J connectivity index is 1.42. The summed E-state index contributed by atoms with van der Waals surface area (Å²) in [5.74, 6) is -0.491. The lowest BCUT2D eigenvalue weighted by Crippen LogP contribution is -2.48. The number of rotatable bonds is 5. The highest BCUT2D eigenvalue weighted by molar-refractivity contribution is 7.98. The van der Waals surface area contributed by atoms with E-state index in [4.69, 9.17) is 0 Å². The van der Waals surface area contributed by atoms with Crippen LogP contribution in [0, 0.1) is 5.82 Å². The topological polar surface area (TPSA) is 58.4 Å². The molecule has 0 bridgehead atoms. The first-order valence-electron chi connectivity index (χ1n) is 9.92. The van der Waals surface area contributed by atoms with Gasteiger partial charge in [-0.2, -0.15) is 5.10 Å². The van der Waals surface area contributed by atoms with Crippen LogP contribution in [0.5, 0.6) is 0 Å². The van der Waals surface area contributed by atoms with Crippen LogP contribution in [-0.4, -0.2) is 50.6 Å². The summed E-state index contributed by atoms with van der Waals surface area (Å²) in [5.41, 5.74) is 1.47. The van der Waals surface area contributed by atoms with Gasteiger partial charge in [0, 0.05) is 41.9 Å². The van der Waals surface area contributed by atoms with Crippen molar-refractivity contribution in [1.29, 1.82) is 0 Å². The molecule has 1 fully saturated rings. The lowest BCUT2D eigenvalue weighted by Gasteiger charge is -2.38. The van der Waals surface area contributed by atoms with Crippen LogP contribution in [0.3, 0.4) is 0 Å². The summed E-state index contributed by atoms with van der Waals surface area (Å²) in [6.45, 7) is 0.923. The molecule has 3 aromatic rings. The van der Waals surface area contributed by atoms with Crippen LogP contribution >= 0.6 is 11.8 Å². The van der Waals surface area contributed by atoms with Gasteiger partial charge in [-0.3, -0.25) is 4.79 Å². The highest BCUT2D eigenvalue weighted by Crippen LogP contribution is 2.28. The smallest absolute Gasteiger partial charge is 0.253 e. The van der Waals surface area contributed by atoms with E-state index in [-0.39, 0.29) is 11.7 Å². The fourth-order valence-corrected chi connectivity index (χ4v) is 4.24. The molecule has 4 rings (SSSR count). The zero-order valence-corrected chi connectivity index (χ0v) is 17.6. The number of hydrogen-bond acceptors (Lipinski definition) is 4. The largest absolute Gasteiger partial charge is 0.389 e. The van der Waals surface area contributed by atoms with E-state index < -0.39 is 5.60 Å². The predicted molar refractivity (Wildman–Crippen MR) is 116 cm³/mol. The predicted octanol–water partition coefficient (Wildman–Crippen LogP) is 3.94. The fourth-order valence-electron chi connectivity index (χ4n) is 3.84. The number of halogens is 1. The summed E-state index contributed by atoms with van der Waals surface area (Å²) >= 11 is 1.69. The van der Waals surface area contributed by atoms with Crippen molar-refractivity contribution < 1.29 is 14.3 Å². The van der Waals surface area contributed by atoms with E-state index >= 15 is 0 Å². The average Bonchev–Trinajstić information content (AvgIpc) is 3.22. The minimum absolute atomic E-state index is 0.129. The standard InChI is InChI=1S/C23H24FN3O2S/c1-30-21-8-6-19(7-9-21)27-20(10-13-25-27)16-23(29)11-14-26(15-12-23)22(28)17-2-4-18(24)5-3-17/h2-10,13,29H,11-12,14-16H2,1H3. The van der Waals surface area contributed by atoms with Gasteiger partial charge in [0.2, 0.25) is 0 Å². The Labute approximate surface area is 179 Å². The molecule has 0 aliphatic carbocycles. The molecule has 1 aromatic heterocycles. The molecular weight excluding hydrogens is 401 g/mol. The first-order chi connectivity index (χ1) is 14.5. The second kappa shape index (κ2) is 8.62. The molecule has 30 heavy (non-hydrogen) atoms. The van der Waals surface area contributed by atoms with Crippen molar-refractivity contribution >= 4 is 17.7 Å². The number of thioether (sulfide) groups is 1. The summed E-state index contributed by atoms with van der Waals surface area (Å²) in [5, 5.41) is 15.6. The molecule has 0 saturated carbocycles. The van der Waals surface area contributed by atoms with E-state index in [9.17, 15) is 14.3 Å². The molecule has 1 saturated heterocycles. The van der Waals surface area contributed by atoms with E-state index in [0.717, 1.165) is 11.4 Å². The molecule has 0 unspecified atom stereocenters. The van der Waals surface area contributed by atoms with Crippen molar-refractivity contribution in [1.82, 2.24) is 14.7 Å². The van der Waals surface area contributed by atoms with Gasteiger partial charge in [-0.15, -0.1) is 11.8 Å². The maximum atomic E-state index is 13.1. The zero-order valence-electron chi connectivity index (χ0n) is 16.8. The van der Waals surface area contributed by atoms with E-state index in [1.807, 2.05) is 29.1 Å². The molecule has 0 atom stereocenters. The van der Waals surface area contributed by atoms with Crippen molar-refractivity contribution in [3.8, 4) is 5.69 Å². The number of nitrogens with zero attached hydrogens (tertiary/aromatic N) is 3. The Morgan fingerprint density at radius 2 is 1.77 bits per heavy atom. The van der Waals surface area contributed by atoms with Crippen LogP contribution in [-0.2, 0) is 6.42 Å². The summed E-state index contributed by atoms with van der Waals surface area (Å²) < 4.78 is 15.0. The van der Waals surface area contributed by atoms with Gasteiger partial charge in [0.1, 0.15) is 5.82 Å². The van der Waals surface area contributed by atoms with Crippen LogP contribution in [0.4, 0.5) is 4.39 Å². The maximum absolute atomic E-state index is 13.1. The van der Waals surface area contributed by atoms with Crippen molar-refractivity contribution in [2.45, 2.75) is 29.8 Å². The first kappa shape index (κ1) is 20.6. The van der Waals surface area contributed by atoms with Gasteiger partial charge in [0.15, 0.2) is 0 Å². The average molecular weight is 426 g/mol. The van der Waals surface area contributed by atoms with Gasteiger partial charge >= 0.3 is 0 Å². The van der Waals surface area contributed by atoms with Crippen molar-refractivity contribution in [3.05, 3.63) is 77.9 Å². The Morgan fingerprint density at radius 3 is 2.40 bits per heavy atom. The van der Waals surface area contributed by atoms with Gasteiger partial charge in [-0.05, 0) is 73.7 Å². The second-order valence-electron chi connectivity index (χ2n) is 7.63. The van der Waals surface area contributed by atoms with Crippen LogP contribution in [0.25, 0.3) is 5.69 Å². The number of benzene rings is 2. The van der Waals surface area contributed by atoms with Crippen LogP contribution in [0.15, 0.2) is 65.7 Å². The highest BCUT2D eigenvalue weighted by atomic mass is 32.2. The number of carbonyl (C=O) groups is 1.